The second kappa shape index (κ2) is 9.46. The van der Waals surface area contributed by atoms with Crippen LogP contribution in [-0.2, 0) is 24.3 Å². The standard InChI is InChI=1S/C22H24N6O4/c1-32-18-12-16(8-9-17(18)25-21(30)15-6-5-10-23-13-15)24-20(29)14-28-22(31)27-11-4-2-3-7-19(27)26-28/h5-6,8-10,12-13H,2-4,7,11,14H2,1H3,(H,24,29)(H,25,30). The van der Waals surface area contributed by atoms with E-state index in [4.69, 9.17) is 4.74 Å². The van der Waals surface area contributed by atoms with Crippen LogP contribution in [0, 0.1) is 0 Å². The highest BCUT2D eigenvalue weighted by molar-refractivity contribution is 6.05. The van der Waals surface area contributed by atoms with E-state index >= 15 is 0 Å². The van der Waals surface area contributed by atoms with Crippen molar-refractivity contribution in [3.8, 4) is 5.75 Å². The van der Waals surface area contributed by atoms with Gasteiger partial charge in [0.25, 0.3) is 5.91 Å². The topological polar surface area (TPSA) is 120 Å². The minimum Gasteiger partial charge on any atom is -0.494 e. The molecule has 4 rings (SSSR count). The molecule has 10 nitrogen and oxygen atoms in total. The van der Waals surface area contributed by atoms with Gasteiger partial charge in [0.15, 0.2) is 0 Å². The smallest absolute Gasteiger partial charge is 0.346 e. The molecule has 2 amide bonds. The summed E-state index contributed by atoms with van der Waals surface area (Å²) >= 11 is 0. The van der Waals surface area contributed by atoms with Crippen molar-refractivity contribution in [1.29, 1.82) is 0 Å². The Labute approximate surface area is 184 Å². The number of nitrogens with zero attached hydrogens (tertiary/aromatic N) is 4. The zero-order valence-corrected chi connectivity index (χ0v) is 17.7. The fourth-order valence-electron chi connectivity index (χ4n) is 3.63. The van der Waals surface area contributed by atoms with Crippen LogP contribution in [0.2, 0.25) is 0 Å². The van der Waals surface area contributed by atoms with Gasteiger partial charge in [-0.1, -0.05) is 6.42 Å². The van der Waals surface area contributed by atoms with Gasteiger partial charge < -0.3 is 15.4 Å². The molecular formula is C22H24N6O4. The largest absolute Gasteiger partial charge is 0.494 e. The SMILES string of the molecule is COc1cc(NC(=O)Cn2nc3n(c2=O)CCCCC3)ccc1NC(=O)c1cccnc1. The van der Waals surface area contributed by atoms with E-state index in [9.17, 15) is 14.4 Å². The molecule has 0 fully saturated rings. The van der Waals surface area contributed by atoms with Crippen LogP contribution in [0.15, 0.2) is 47.5 Å². The normalized spacial score (nSPS) is 13.0. The zero-order valence-electron chi connectivity index (χ0n) is 17.7. The molecule has 166 valence electrons. The lowest BCUT2D eigenvalue weighted by molar-refractivity contribution is -0.117. The van der Waals surface area contributed by atoms with E-state index in [0.29, 0.717) is 29.2 Å². The van der Waals surface area contributed by atoms with Gasteiger partial charge in [0, 0.05) is 37.1 Å². The Hall–Kier alpha value is -3.95. The Kier molecular flexibility index (Phi) is 6.29. The van der Waals surface area contributed by atoms with Gasteiger partial charge in [-0.15, -0.1) is 0 Å². The molecule has 0 saturated carbocycles. The summed E-state index contributed by atoms with van der Waals surface area (Å²) in [6, 6.07) is 8.20. The minimum absolute atomic E-state index is 0.180. The van der Waals surface area contributed by atoms with Crippen LogP contribution in [0.4, 0.5) is 11.4 Å². The predicted molar refractivity (Wildman–Crippen MR) is 118 cm³/mol. The van der Waals surface area contributed by atoms with E-state index in [2.05, 4.69) is 20.7 Å². The molecule has 10 heteroatoms. The monoisotopic (exact) mass is 436 g/mol. The number of carbonyl (C=O) groups excluding carboxylic acids is 2. The number of amides is 2. The number of aryl methyl sites for hydroxylation is 1. The number of pyridine rings is 1. The Balaban J connectivity index is 1.44. The summed E-state index contributed by atoms with van der Waals surface area (Å²) in [5, 5.41) is 9.84. The average molecular weight is 436 g/mol. The number of benzene rings is 1. The van der Waals surface area contributed by atoms with E-state index in [1.165, 1.54) is 18.0 Å². The number of nitrogens with one attached hydrogen (secondary N) is 2. The fraction of sp³-hybridized carbons (Fsp3) is 0.318. The molecular weight excluding hydrogens is 412 g/mol. The first kappa shape index (κ1) is 21.3. The van der Waals surface area contributed by atoms with E-state index in [1.54, 1.807) is 41.1 Å². The highest BCUT2D eigenvalue weighted by Gasteiger charge is 2.18. The molecule has 0 radical (unpaired) electrons. The van der Waals surface area contributed by atoms with Crippen molar-refractivity contribution in [2.24, 2.45) is 0 Å². The molecule has 1 aliphatic rings. The summed E-state index contributed by atoms with van der Waals surface area (Å²) in [5.74, 6) is 0.406. The van der Waals surface area contributed by atoms with Crippen LogP contribution in [0.5, 0.6) is 5.75 Å². The summed E-state index contributed by atoms with van der Waals surface area (Å²) in [6.45, 7) is 0.458. The third-order valence-corrected chi connectivity index (χ3v) is 5.23. The molecule has 0 bridgehead atoms. The second-order valence-corrected chi connectivity index (χ2v) is 7.48. The van der Waals surface area contributed by atoms with Crippen molar-refractivity contribution in [2.45, 2.75) is 38.8 Å². The fourth-order valence-corrected chi connectivity index (χ4v) is 3.63. The lowest BCUT2D eigenvalue weighted by atomic mass is 10.2. The van der Waals surface area contributed by atoms with Gasteiger partial charge in [0.1, 0.15) is 18.1 Å². The highest BCUT2D eigenvalue weighted by atomic mass is 16.5. The maximum absolute atomic E-state index is 12.5. The summed E-state index contributed by atoms with van der Waals surface area (Å²) in [5.41, 5.74) is 1.08. The van der Waals surface area contributed by atoms with Gasteiger partial charge in [-0.3, -0.25) is 19.1 Å². The summed E-state index contributed by atoms with van der Waals surface area (Å²) in [7, 11) is 1.47. The second-order valence-electron chi connectivity index (χ2n) is 7.48. The van der Waals surface area contributed by atoms with Crippen molar-refractivity contribution in [3.63, 3.8) is 0 Å². The van der Waals surface area contributed by atoms with Crippen LogP contribution < -0.4 is 21.1 Å². The number of aromatic nitrogens is 4. The first-order valence-electron chi connectivity index (χ1n) is 10.4. The molecule has 0 atom stereocenters. The molecule has 0 spiro atoms. The van der Waals surface area contributed by atoms with Crippen molar-refractivity contribution in [1.82, 2.24) is 19.3 Å². The lowest BCUT2D eigenvalue weighted by Gasteiger charge is -2.12. The van der Waals surface area contributed by atoms with Crippen molar-refractivity contribution in [3.05, 3.63) is 64.6 Å². The number of fused-ring (bicyclic) bond motifs is 1. The third kappa shape index (κ3) is 4.69. The molecule has 0 unspecified atom stereocenters. The maximum Gasteiger partial charge on any atom is 0.346 e. The number of carbonyl (C=O) groups is 2. The maximum atomic E-state index is 12.5. The molecule has 3 heterocycles. The number of anilines is 2. The minimum atomic E-state index is -0.380. The number of hydrogen-bond acceptors (Lipinski definition) is 6. The molecule has 2 N–H and O–H groups in total. The Morgan fingerprint density at radius 3 is 2.81 bits per heavy atom. The molecule has 2 aromatic heterocycles. The number of ether oxygens (including phenoxy) is 1. The van der Waals surface area contributed by atoms with Crippen LogP contribution >= 0.6 is 0 Å². The molecule has 3 aromatic rings. The van der Waals surface area contributed by atoms with Crippen LogP contribution in [0.3, 0.4) is 0 Å². The predicted octanol–water partition coefficient (Wildman–Crippen LogP) is 2.07. The van der Waals surface area contributed by atoms with E-state index < -0.39 is 0 Å². The zero-order chi connectivity index (χ0) is 22.5. The van der Waals surface area contributed by atoms with Gasteiger partial charge in [-0.25, -0.2) is 9.48 Å². The summed E-state index contributed by atoms with van der Waals surface area (Å²) in [6.07, 6.45) is 6.80. The third-order valence-electron chi connectivity index (χ3n) is 5.23. The number of methoxy groups -OCH3 is 1. The molecule has 0 saturated heterocycles. The average Bonchev–Trinajstić information content (AvgIpc) is 2.95. The van der Waals surface area contributed by atoms with Gasteiger partial charge >= 0.3 is 5.69 Å². The van der Waals surface area contributed by atoms with Crippen LogP contribution in [0.1, 0.15) is 35.4 Å². The Bertz CT molecular complexity index is 1180. The van der Waals surface area contributed by atoms with Crippen molar-refractivity contribution >= 4 is 23.2 Å². The first-order chi connectivity index (χ1) is 15.5. The molecule has 1 aliphatic heterocycles. The van der Waals surface area contributed by atoms with Gasteiger partial charge in [-0.05, 0) is 37.1 Å². The Morgan fingerprint density at radius 1 is 1.16 bits per heavy atom. The summed E-state index contributed by atoms with van der Waals surface area (Å²) in [4.78, 5) is 41.4. The van der Waals surface area contributed by atoms with Crippen LogP contribution in [0.25, 0.3) is 0 Å². The first-order valence-corrected chi connectivity index (χ1v) is 10.4. The van der Waals surface area contributed by atoms with Crippen molar-refractivity contribution in [2.75, 3.05) is 17.7 Å². The Morgan fingerprint density at radius 2 is 2.03 bits per heavy atom. The van der Waals surface area contributed by atoms with Crippen LogP contribution in [-0.4, -0.2) is 38.3 Å². The molecule has 1 aromatic carbocycles. The van der Waals surface area contributed by atoms with E-state index in [-0.39, 0.29) is 24.0 Å². The van der Waals surface area contributed by atoms with Crippen molar-refractivity contribution < 1.29 is 14.3 Å². The van der Waals surface area contributed by atoms with Gasteiger partial charge in [-0.2, -0.15) is 5.10 Å². The lowest BCUT2D eigenvalue weighted by Crippen LogP contribution is -2.30. The summed E-state index contributed by atoms with van der Waals surface area (Å²) < 4.78 is 8.22. The quantitative estimate of drug-likeness (QED) is 0.610. The van der Waals surface area contributed by atoms with E-state index in [1.807, 2.05) is 0 Å². The molecule has 0 aliphatic carbocycles. The highest BCUT2D eigenvalue weighted by Crippen LogP contribution is 2.28. The molecule has 32 heavy (non-hydrogen) atoms. The van der Waals surface area contributed by atoms with E-state index in [0.717, 1.165) is 31.5 Å². The number of rotatable bonds is 6. The van der Waals surface area contributed by atoms with Gasteiger partial charge in [0.05, 0.1) is 18.4 Å². The number of hydrogen-bond donors (Lipinski definition) is 2. The van der Waals surface area contributed by atoms with Gasteiger partial charge in [0.2, 0.25) is 5.91 Å².